The van der Waals surface area contributed by atoms with Gasteiger partial charge in [-0.2, -0.15) is 10.4 Å². The fourth-order valence-electron chi connectivity index (χ4n) is 5.26. The third-order valence-corrected chi connectivity index (χ3v) is 8.73. The molecule has 3 aromatic heterocycles. The molecule has 2 fully saturated rings. The average molecular weight is 562 g/mol. The van der Waals surface area contributed by atoms with Gasteiger partial charge in [0.25, 0.3) is 0 Å². The summed E-state index contributed by atoms with van der Waals surface area (Å²) in [6.07, 6.45) is 5.40. The third kappa shape index (κ3) is 5.56. The molecule has 9 nitrogen and oxygen atoms in total. The van der Waals surface area contributed by atoms with Crippen molar-refractivity contribution in [2.75, 3.05) is 19.7 Å². The number of halogens is 1. The summed E-state index contributed by atoms with van der Waals surface area (Å²) in [6, 6.07) is 12.0. The van der Waals surface area contributed by atoms with Crippen LogP contribution in [0.3, 0.4) is 0 Å². The fraction of sp³-hybridized carbons (Fsp3) is 0.379. The number of carboxylic acid groups (broad SMARTS) is 1. The minimum Gasteiger partial charge on any atom is -0.477 e. The second kappa shape index (κ2) is 11.3. The van der Waals surface area contributed by atoms with Gasteiger partial charge in [0, 0.05) is 48.4 Å². The quantitative estimate of drug-likeness (QED) is 0.310. The molecule has 206 valence electrons. The molecule has 0 radical (unpaired) electrons. The van der Waals surface area contributed by atoms with Gasteiger partial charge in [0.2, 0.25) is 5.88 Å². The van der Waals surface area contributed by atoms with E-state index < -0.39 is 11.8 Å². The van der Waals surface area contributed by atoms with Crippen LogP contribution >= 0.6 is 11.3 Å². The molecule has 2 aliphatic heterocycles. The lowest BCUT2D eigenvalue weighted by atomic mass is 9.93. The van der Waals surface area contributed by atoms with E-state index in [0.717, 1.165) is 67.2 Å². The molecule has 40 heavy (non-hydrogen) atoms. The maximum absolute atomic E-state index is 14.2. The van der Waals surface area contributed by atoms with Crippen LogP contribution in [0.25, 0.3) is 4.83 Å². The Morgan fingerprint density at radius 1 is 1.25 bits per heavy atom. The molecule has 4 aromatic rings. The SMILES string of the molecule is N#Cc1ccc(COc2cccc(C3CCN(Cc4nn5cc(C(=O)O)sc5c4CC4CCO4)CC3)n2)c(F)c1. The van der Waals surface area contributed by atoms with Crippen molar-refractivity contribution in [2.45, 2.75) is 50.9 Å². The second-order valence-electron chi connectivity index (χ2n) is 10.2. The van der Waals surface area contributed by atoms with Gasteiger partial charge in [-0.25, -0.2) is 18.7 Å². The Morgan fingerprint density at radius 3 is 2.77 bits per heavy atom. The van der Waals surface area contributed by atoms with Crippen molar-refractivity contribution in [3.63, 3.8) is 0 Å². The van der Waals surface area contributed by atoms with Crippen LogP contribution in [0.1, 0.15) is 62.9 Å². The summed E-state index contributed by atoms with van der Waals surface area (Å²) in [5, 5.41) is 23.1. The molecule has 0 saturated carbocycles. The predicted octanol–water partition coefficient (Wildman–Crippen LogP) is 4.79. The van der Waals surface area contributed by atoms with Gasteiger partial charge in [-0.15, -0.1) is 11.3 Å². The van der Waals surface area contributed by atoms with Crippen LogP contribution in [-0.2, 0) is 24.3 Å². The maximum atomic E-state index is 14.2. The fourth-order valence-corrected chi connectivity index (χ4v) is 6.22. The molecular weight excluding hydrogens is 533 g/mol. The minimum atomic E-state index is -0.936. The number of pyridine rings is 1. The molecule has 0 bridgehead atoms. The van der Waals surface area contributed by atoms with E-state index >= 15 is 0 Å². The number of hydrogen-bond donors (Lipinski definition) is 1. The number of thiazole rings is 1. The highest BCUT2D eigenvalue weighted by Crippen LogP contribution is 2.32. The van der Waals surface area contributed by atoms with Gasteiger partial charge in [0.05, 0.1) is 29.6 Å². The number of aromatic carboxylic acids is 1. The number of piperidine rings is 1. The van der Waals surface area contributed by atoms with E-state index in [9.17, 15) is 14.3 Å². The second-order valence-corrected chi connectivity index (χ2v) is 11.2. The Labute approximate surface area is 234 Å². The summed E-state index contributed by atoms with van der Waals surface area (Å²) in [5.41, 5.74) is 3.69. The van der Waals surface area contributed by atoms with Crippen LogP contribution in [0, 0.1) is 17.1 Å². The molecule has 6 rings (SSSR count). The van der Waals surface area contributed by atoms with Crippen LogP contribution in [0.4, 0.5) is 4.39 Å². The van der Waals surface area contributed by atoms with Crippen LogP contribution < -0.4 is 4.74 Å². The Kier molecular flexibility index (Phi) is 7.47. The molecule has 0 amide bonds. The summed E-state index contributed by atoms with van der Waals surface area (Å²) in [7, 11) is 0. The van der Waals surface area contributed by atoms with Crippen molar-refractivity contribution in [3.05, 3.63) is 81.4 Å². The van der Waals surface area contributed by atoms with E-state index in [-0.39, 0.29) is 29.1 Å². The Bertz CT molecular complexity index is 1580. The zero-order valence-corrected chi connectivity index (χ0v) is 22.6. The third-order valence-electron chi connectivity index (χ3n) is 7.61. The van der Waals surface area contributed by atoms with Gasteiger partial charge in [-0.3, -0.25) is 4.90 Å². The minimum absolute atomic E-state index is 0.0384. The van der Waals surface area contributed by atoms with E-state index in [2.05, 4.69) is 4.90 Å². The number of likely N-dealkylation sites (tertiary alicyclic amines) is 1. The molecule has 1 aromatic carbocycles. The highest BCUT2D eigenvalue weighted by molar-refractivity contribution is 7.19. The van der Waals surface area contributed by atoms with Crippen molar-refractivity contribution in [1.29, 1.82) is 5.26 Å². The number of aromatic nitrogens is 3. The van der Waals surface area contributed by atoms with Crippen molar-refractivity contribution in [1.82, 2.24) is 19.5 Å². The average Bonchev–Trinajstić information content (AvgIpc) is 3.49. The molecule has 1 unspecified atom stereocenters. The number of fused-ring (bicyclic) bond motifs is 1. The number of hydrogen-bond acceptors (Lipinski definition) is 8. The molecular formula is C29H28FN5O4S. The van der Waals surface area contributed by atoms with Crippen LogP contribution in [0.15, 0.2) is 42.6 Å². The largest absolute Gasteiger partial charge is 0.477 e. The Morgan fingerprint density at radius 2 is 2.08 bits per heavy atom. The predicted molar refractivity (Wildman–Crippen MR) is 145 cm³/mol. The van der Waals surface area contributed by atoms with Crippen LogP contribution in [-0.4, -0.2) is 56.4 Å². The first-order chi connectivity index (χ1) is 19.5. The van der Waals surface area contributed by atoms with Crippen molar-refractivity contribution in [2.24, 2.45) is 0 Å². The smallest absolute Gasteiger partial charge is 0.347 e. The number of ether oxygens (including phenoxy) is 2. The van der Waals surface area contributed by atoms with Crippen molar-refractivity contribution >= 4 is 22.1 Å². The summed E-state index contributed by atoms with van der Waals surface area (Å²) in [6.45, 7) is 3.29. The van der Waals surface area contributed by atoms with Crippen LogP contribution in [0.5, 0.6) is 5.88 Å². The Balaban J connectivity index is 1.08. The first-order valence-corrected chi connectivity index (χ1v) is 14.1. The topological polar surface area (TPSA) is 113 Å². The van der Waals surface area contributed by atoms with Gasteiger partial charge >= 0.3 is 5.97 Å². The summed E-state index contributed by atoms with van der Waals surface area (Å²) in [5.74, 6) is -0.663. The van der Waals surface area contributed by atoms with Crippen molar-refractivity contribution < 1.29 is 23.8 Å². The number of rotatable bonds is 9. The van der Waals surface area contributed by atoms with Gasteiger partial charge in [-0.1, -0.05) is 12.1 Å². The molecule has 11 heteroatoms. The number of nitrogens with zero attached hydrogens (tertiary/aromatic N) is 5. The number of benzene rings is 1. The first-order valence-electron chi connectivity index (χ1n) is 13.3. The number of carboxylic acids is 1. The van der Waals surface area contributed by atoms with Gasteiger partial charge in [0.15, 0.2) is 0 Å². The molecule has 0 aliphatic carbocycles. The molecule has 2 saturated heterocycles. The maximum Gasteiger partial charge on any atom is 0.347 e. The lowest BCUT2D eigenvalue weighted by Crippen LogP contribution is -2.33. The summed E-state index contributed by atoms with van der Waals surface area (Å²) < 4.78 is 27.4. The summed E-state index contributed by atoms with van der Waals surface area (Å²) >= 11 is 1.27. The Hall–Kier alpha value is -3.85. The normalized spacial score (nSPS) is 17.9. The lowest BCUT2D eigenvalue weighted by molar-refractivity contribution is -0.0491. The highest BCUT2D eigenvalue weighted by Gasteiger charge is 2.28. The van der Waals surface area contributed by atoms with E-state index in [4.69, 9.17) is 24.8 Å². The molecule has 1 atom stereocenters. The van der Waals surface area contributed by atoms with Crippen molar-refractivity contribution in [3.8, 4) is 11.9 Å². The standard InChI is InChI=1S/C29H28FN5O4S/c30-23-12-18(14-31)4-5-20(23)17-39-27-3-1-2-24(32-27)19-6-9-34(10-7-19)15-25-22(13-21-8-11-38-21)28-35(33-25)16-26(40-28)29(36)37/h1-5,12,16,19,21H,6-11,13,15,17H2,(H,36,37). The number of nitriles is 1. The number of carbonyl (C=O) groups is 1. The van der Waals surface area contributed by atoms with E-state index in [0.29, 0.717) is 18.0 Å². The van der Waals surface area contributed by atoms with Crippen LogP contribution in [0.2, 0.25) is 0 Å². The van der Waals surface area contributed by atoms with Gasteiger partial charge < -0.3 is 14.6 Å². The van der Waals surface area contributed by atoms with E-state index in [1.54, 1.807) is 28.9 Å². The molecule has 5 heterocycles. The molecule has 1 N–H and O–H groups in total. The van der Waals surface area contributed by atoms with E-state index in [1.807, 2.05) is 18.2 Å². The van der Waals surface area contributed by atoms with Gasteiger partial charge in [-0.05, 0) is 50.6 Å². The summed E-state index contributed by atoms with van der Waals surface area (Å²) in [4.78, 5) is 19.7. The monoisotopic (exact) mass is 561 g/mol. The molecule has 2 aliphatic rings. The first kappa shape index (κ1) is 26.4. The zero-order valence-electron chi connectivity index (χ0n) is 21.8. The zero-order chi connectivity index (χ0) is 27.6. The lowest BCUT2D eigenvalue weighted by Gasteiger charge is -2.32. The molecule has 0 spiro atoms. The van der Waals surface area contributed by atoms with E-state index in [1.165, 1.54) is 17.4 Å². The highest BCUT2D eigenvalue weighted by atomic mass is 32.1. The van der Waals surface area contributed by atoms with Gasteiger partial charge in [0.1, 0.15) is 22.1 Å².